The highest BCUT2D eigenvalue weighted by Gasteiger charge is 2.35. The minimum Gasteiger partial charge on any atom is -0.406 e. The van der Waals surface area contributed by atoms with Gasteiger partial charge in [-0.25, -0.2) is 0 Å². The molecule has 6 heteroatoms. The Labute approximate surface area is 120 Å². The Hall–Kier alpha value is -0.975. The molecule has 20 heavy (non-hydrogen) atoms. The number of aromatic nitrogens is 2. The highest BCUT2D eigenvalue weighted by molar-refractivity contribution is 6.60. The second-order valence-electron chi connectivity index (χ2n) is 6.40. The minimum absolute atomic E-state index is 0.0682. The molecule has 1 atom stereocenters. The van der Waals surface area contributed by atoms with E-state index in [9.17, 15) is 0 Å². The molecule has 2 saturated heterocycles. The van der Waals surface area contributed by atoms with Crippen LogP contribution in [0.25, 0.3) is 0 Å². The van der Waals surface area contributed by atoms with Crippen LogP contribution in [-0.4, -0.2) is 43.5 Å². The van der Waals surface area contributed by atoms with Crippen LogP contribution in [0.15, 0.2) is 12.4 Å². The molecule has 0 aliphatic carbocycles. The molecule has 0 amide bonds. The number of nitrogens with zero attached hydrogens (tertiary/aromatic N) is 2. The molecule has 1 unspecified atom stereocenters. The average molecular weight is 276 g/mol. The van der Waals surface area contributed by atoms with Crippen molar-refractivity contribution in [1.82, 2.24) is 9.97 Å². The molecular weight excluding hydrogens is 255 g/mol. The summed E-state index contributed by atoms with van der Waals surface area (Å²) in [6, 6.07) is 0. The minimum atomic E-state index is -0.389. The van der Waals surface area contributed by atoms with Crippen molar-refractivity contribution in [2.45, 2.75) is 32.6 Å². The molecule has 2 aliphatic heterocycles. The van der Waals surface area contributed by atoms with E-state index >= 15 is 0 Å². The molecule has 0 saturated carbocycles. The highest BCUT2D eigenvalue weighted by atomic mass is 16.6. The van der Waals surface area contributed by atoms with Crippen molar-refractivity contribution in [2.24, 2.45) is 5.41 Å². The van der Waals surface area contributed by atoms with Crippen LogP contribution in [0.3, 0.4) is 0 Å². The van der Waals surface area contributed by atoms with Crippen molar-refractivity contribution in [1.29, 1.82) is 0 Å². The number of hydrogen-bond donors (Lipinski definition) is 0. The average Bonchev–Trinajstić information content (AvgIpc) is 2.48. The van der Waals surface area contributed by atoms with Crippen LogP contribution in [0.4, 0.5) is 0 Å². The maximum absolute atomic E-state index is 5.77. The SMILES string of the molecule is CC1(C)COB(c2cncc(C3CCCOC3)n2)OC1. The van der Waals surface area contributed by atoms with E-state index in [0.29, 0.717) is 19.1 Å². The third-order valence-corrected chi connectivity index (χ3v) is 3.74. The lowest BCUT2D eigenvalue weighted by Crippen LogP contribution is -2.48. The molecule has 0 spiro atoms. The Morgan fingerprint density at radius 1 is 1.25 bits per heavy atom. The molecule has 3 rings (SSSR count). The summed E-state index contributed by atoms with van der Waals surface area (Å²) in [6.45, 7) is 7.20. The molecular formula is C14H21BN2O3. The van der Waals surface area contributed by atoms with Crippen LogP contribution in [0.2, 0.25) is 0 Å². The van der Waals surface area contributed by atoms with Crippen molar-refractivity contribution in [3.8, 4) is 0 Å². The zero-order chi connectivity index (χ0) is 14.0. The molecule has 2 fully saturated rings. The van der Waals surface area contributed by atoms with Gasteiger partial charge in [0, 0.05) is 43.5 Å². The predicted octanol–water partition coefficient (Wildman–Crippen LogP) is 1.14. The topological polar surface area (TPSA) is 53.5 Å². The zero-order valence-electron chi connectivity index (χ0n) is 12.2. The van der Waals surface area contributed by atoms with Gasteiger partial charge in [0.25, 0.3) is 0 Å². The summed E-state index contributed by atoms with van der Waals surface area (Å²) in [5.74, 6) is 0.344. The Balaban J connectivity index is 1.71. The standard InChI is InChI=1S/C14H21BN2O3/c1-14(2)9-19-15(20-10-14)13-7-16-6-12(17-13)11-4-3-5-18-8-11/h6-7,11H,3-5,8-10H2,1-2H3. The summed E-state index contributed by atoms with van der Waals surface area (Å²) in [5, 5.41) is 0. The maximum Gasteiger partial charge on any atom is 0.515 e. The Morgan fingerprint density at radius 3 is 2.75 bits per heavy atom. The number of hydrogen-bond acceptors (Lipinski definition) is 5. The summed E-state index contributed by atoms with van der Waals surface area (Å²) in [6.07, 6.45) is 5.75. The zero-order valence-corrected chi connectivity index (χ0v) is 12.2. The second kappa shape index (κ2) is 5.80. The van der Waals surface area contributed by atoms with Gasteiger partial charge in [-0.1, -0.05) is 13.8 Å². The van der Waals surface area contributed by atoms with E-state index in [-0.39, 0.29) is 12.5 Å². The summed E-state index contributed by atoms with van der Waals surface area (Å²) in [7, 11) is -0.389. The van der Waals surface area contributed by atoms with Crippen molar-refractivity contribution in [3.63, 3.8) is 0 Å². The van der Waals surface area contributed by atoms with Crippen LogP contribution < -0.4 is 5.59 Å². The first kappa shape index (κ1) is 14.0. The summed E-state index contributed by atoms with van der Waals surface area (Å²) < 4.78 is 17.1. The second-order valence-corrected chi connectivity index (χ2v) is 6.40. The molecule has 2 aliphatic rings. The van der Waals surface area contributed by atoms with Crippen LogP contribution in [0, 0.1) is 5.41 Å². The van der Waals surface area contributed by atoms with Gasteiger partial charge in [-0.15, -0.1) is 0 Å². The van der Waals surface area contributed by atoms with E-state index in [1.165, 1.54) is 0 Å². The lowest BCUT2D eigenvalue weighted by atomic mass is 9.80. The molecule has 108 valence electrons. The Bertz CT molecular complexity index is 453. The third kappa shape index (κ3) is 3.19. The summed E-state index contributed by atoms with van der Waals surface area (Å²) in [4.78, 5) is 8.97. The van der Waals surface area contributed by atoms with E-state index < -0.39 is 0 Å². The lowest BCUT2D eigenvalue weighted by Gasteiger charge is -2.32. The van der Waals surface area contributed by atoms with Crippen molar-refractivity contribution < 1.29 is 14.0 Å². The lowest BCUT2D eigenvalue weighted by molar-refractivity contribution is 0.0338. The fourth-order valence-electron chi connectivity index (χ4n) is 2.54. The molecule has 0 bridgehead atoms. The van der Waals surface area contributed by atoms with Gasteiger partial charge in [0.15, 0.2) is 0 Å². The number of ether oxygens (including phenoxy) is 1. The third-order valence-electron chi connectivity index (χ3n) is 3.74. The Kier molecular flexibility index (Phi) is 4.05. The smallest absolute Gasteiger partial charge is 0.406 e. The van der Waals surface area contributed by atoms with E-state index in [0.717, 1.165) is 37.3 Å². The van der Waals surface area contributed by atoms with E-state index in [4.69, 9.17) is 14.0 Å². The normalized spacial score (nSPS) is 26.5. The van der Waals surface area contributed by atoms with Gasteiger partial charge in [0.1, 0.15) is 0 Å². The largest absolute Gasteiger partial charge is 0.515 e. The molecule has 0 radical (unpaired) electrons. The molecule has 5 nitrogen and oxygen atoms in total. The monoisotopic (exact) mass is 276 g/mol. The van der Waals surface area contributed by atoms with E-state index in [1.54, 1.807) is 6.20 Å². The summed E-state index contributed by atoms with van der Waals surface area (Å²) in [5.41, 5.74) is 1.82. The summed E-state index contributed by atoms with van der Waals surface area (Å²) >= 11 is 0. The van der Waals surface area contributed by atoms with Gasteiger partial charge in [-0.2, -0.15) is 0 Å². The quantitative estimate of drug-likeness (QED) is 0.758. The predicted molar refractivity (Wildman–Crippen MR) is 75.9 cm³/mol. The van der Waals surface area contributed by atoms with Crippen molar-refractivity contribution in [2.75, 3.05) is 26.4 Å². The van der Waals surface area contributed by atoms with Gasteiger partial charge in [-0.3, -0.25) is 9.97 Å². The fourth-order valence-corrected chi connectivity index (χ4v) is 2.54. The molecule has 0 aromatic carbocycles. The van der Waals surface area contributed by atoms with E-state index in [1.807, 2.05) is 6.20 Å². The fraction of sp³-hybridized carbons (Fsp3) is 0.714. The van der Waals surface area contributed by atoms with Crippen LogP contribution in [-0.2, 0) is 14.0 Å². The van der Waals surface area contributed by atoms with Crippen LogP contribution in [0.5, 0.6) is 0 Å². The van der Waals surface area contributed by atoms with Crippen molar-refractivity contribution in [3.05, 3.63) is 18.1 Å². The Morgan fingerprint density at radius 2 is 2.05 bits per heavy atom. The molecule has 1 aromatic rings. The molecule has 1 aromatic heterocycles. The van der Waals surface area contributed by atoms with Gasteiger partial charge >= 0.3 is 7.12 Å². The number of rotatable bonds is 2. The van der Waals surface area contributed by atoms with Gasteiger partial charge < -0.3 is 14.0 Å². The first-order valence-corrected chi connectivity index (χ1v) is 7.27. The first-order valence-electron chi connectivity index (χ1n) is 7.27. The first-order chi connectivity index (χ1) is 9.64. The van der Waals surface area contributed by atoms with Crippen molar-refractivity contribution >= 4 is 12.7 Å². The van der Waals surface area contributed by atoms with Gasteiger partial charge in [0.2, 0.25) is 0 Å². The van der Waals surface area contributed by atoms with Crippen LogP contribution >= 0.6 is 0 Å². The van der Waals surface area contributed by atoms with Crippen LogP contribution in [0.1, 0.15) is 38.3 Å². The highest BCUT2D eigenvalue weighted by Crippen LogP contribution is 2.23. The van der Waals surface area contributed by atoms with Gasteiger partial charge in [-0.05, 0) is 12.8 Å². The molecule has 3 heterocycles. The van der Waals surface area contributed by atoms with E-state index in [2.05, 4.69) is 23.8 Å². The van der Waals surface area contributed by atoms with Gasteiger partial charge in [0.05, 0.1) is 17.9 Å². The molecule has 0 N–H and O–H groups in total. The maximum atomic E-state index is 5.77.